The first kappa shape index (κ1) is 20.3. The summed E-state index contributed by atoms with van der Waals surface area (Å²) in [6, 6.07) is 3.29. The van der Waals surface area contributed by atoms with Crippen LogP contribution in [0.3, 0.4) is 0 Å². The Bertz CT molecular complexity index is 785. The first-order valence-electron chi connectivity index (χ1n) is 8.48. The van der Waals surface area contributed by atoms with Gasteiger partial charge in [-0.05, 0) is 18.4 Å². The van der Waals surface area contributed by atoms with Crippen molar-refractivity contribution in [2.45, 2.75) is 31.0 Å². The van der Waals surface area contributed by atoms with E-state index in [9.17, 15) is 8.42 Å². The lowest BCUT2D eigenvalue weighted by molar-refractivity contribution is 0.584. The number of thiophene rings is 1. The molecule has 0 aliphatic carbocycles. The minimum atomic E-state index is -3.44. The minimum absolute atomic E-state index is 0.238. The fraction of sp³-hybridized carbons (Fsp3) is 0.533. The molecular formula is C15H25N7O2S2. The molecule has 0 radical (unpaired) electrons. The first-order valence-corrected chi connectivity index (χ1v) is 10.8. The predicted molar refractivity (Wildman–Crippen MR) is 103 cm³/mol. The fourth-order valence-corrected chi connectivity index (χ4v) is 4.27. The largest absolute Gasteiger partial charge is 0.357 e. The molecule has 144 valence electrons. The molecule has 0 aliphatic heterocycles. The Labute approximate surface area is 158 Å². The van der Waals surface area contributed by atoms with E-state index in [4.69, 9.17) is 0 Å². The Kier molecular flexibility index (Phi) is 8.01. The van der Waals surface area contributed by atoms with Gasteiger partial charge in [-0.1, -0.05) is 13.0 Å². The highest BCUT2D eigenvalue weighted by Crippen LogP contribution is 2.14. The minimum Gasteiger partial charge on any atom is -0.357 e. The third kappa shape index (κ3) is 6.07. The number of hydrogen-bond acceptors (Lipinski definition) is 6. The molecule has 0 saturated carbocycles. The predicted octanol–water partition coefficient (Wildman–Crippen LogP) is 0.436. The van der Waals surface area contributed by atoms with E-state index >= 15 is 0 Å². The van der Waals surface area contributed by atoms with Crippen LogP contribution in [0.2, 0.25) is 0 Å². The van der Waals surface area contributed by atoms with Gasteiger partial charge in [0.1, 0.15) is 16.4 Å². The van der Waals surface area contributed by atoms with Crippen LogP contribution in [0.4, 0.5) is 0 Å². The van der Waals surface area contributed by atoms with Gasteiger partial charge in [0.2, 0.25) is 10.0 Å². The van der Waals surface area contributed by atoms with Gasteiger partial charge in [0.05, 0.1) is 6.54 Å². The number of rotatable bonds is 10. The molecule has 0 fully saturated rings. The summed E-state index contributed by atoms with van der Waals surface area (Å²) >= 11 is 1.19. The maximum atomic E-state index is 12.0. The standard InChI is InChI=1S/C15H25N7O2S2/c1-3-13-21-19-12-22(13)10-9-18-15(16-4-2)17-7-8-20-26(23,24)14-6-5-11-25-14/h5-6,11-12,20H,3-4,7-10H2,1-2H3,(H2,16,17,18). The van der Waals surface area contributed by atoms with Crippen molar-refractivity contribution in [2.24, 2.45) is 4.99 Å². The van der Waals surface area contributed by atoms with Crippen molar-refractivity contribution in [3.05, 3.63) is 29.7 Å². The summed E-state index contributed by atoms with van der Waals surface area (Å²) in [5, 5.41) is 16.1. The second-order valence-corrected chi connectivity index (χ2v) is 8.25. The number of nitrogens with one attached hydrogen (secondary N) is 3. The van der Waals surface area contributed by atoms with Crippen LogP contribution in [0.15, 0.2) is 33.0 Å². The van der Waals surface area contributed by atoms with Crippen LogP contribution in [0, 0.1) is 0 Å². The van der Waals surface area contributed by atoms with E-state index in [0.29, 0.717) is 23.3 Å². The van der Waals surface area contributed by atoms with Crippen LogP contribution in [0.25, 0.3) is 0 Å². The molecule has 0 atom stereocenters. The lowest BCUT2D eigenvalue weighted by Crippen LogP contribution is -2.39. The van der Waals surface area contributed by atoms with E-state index in [1.807, 2.05) is 18.4 Å². The molecule has 0 bridgehead atoms. The molecule has 2 aromatic heterocycles. The lowest BCUT2D eigenvalue weighted by atomic mass is 10.4. The maximum Gasteiger partial charge on any atom is 0.250 e. The molecule has 0 unspecified atom stereocenters. The molecule has 3 N–H and O–H groups in total. The van der Waals surface area contributed by atoms with Gasteiger partial charge in [-0.25, -0.2) is 13.1 Å². The van der Waals surface area contributed by atoms with Crippen molar-refractivity contribution in [1.29, 1.82) is 0 Å². The molecule has 2 heterocycles. The smallest absolute Gasteiger partial charge is 0.250 e. The summed E-state index contributed by atoms with van der Waals surface area (Å²) < 4.78 is 28.9. The summed E-state index contributed by atoms with van der Waals surface area (Å²) in [6.07, 6.45) is 2.54. The zero-order valence-corrected chi connectivity index (χ0v) is 16.6. The maximum absolute atomic E-state index is 12.0. The summed E-state index contributed by atoms with van der Waals surface area (Å²) in [5.41, 5.74) is 0. The number of nitrogens with zero attached hydrogens (tertiary/aromatic N) is 4. The summed E-state index contributed by atoms with van der Waals surface area (Å²) in [4.78, 5) is 4.39. The Hall–Kier alpha value is -1.98. The number of guanidine groups is 1. The number of hydrogen-bond donors (Lipinski definition) is 3. The molecule has 0 spiro atoms. The molecule has 2 aromatic rings. The quantitative estimate of drug-likeness (QED) is 0.303. The van der Waals surface area contributed by atoms with Crippen LogP contribution in [0.5, 0.6) is 0 Å². The normalized spacial score (nSPS) is 12.3. The Morgan fingerprint density at radius 1 is 1.31 bits per heavy atom. The van der Waals surface area contributed by atoms with Crippen LogP contribution in [0.1, 0.15) is 19.7 Å². The zero-order valence-electron chi connectivity index (χ0n) is 15.0. The van der Waals surface area contributed by atoms with E-state index in [0.717, 1.165) is 25.3 Å². The van der Waals surface area contributed by atoms with Crippen LogP contribution < -0.4 is 15.4 Å². The molecule has 0 amide bonds. The average Bonchev–Trinajstić information content (AvgIpc) is 3.30. The third-order valence-corrected chi connectivity index (χ3v) is 6.29. The van der Waals surface area contributed by atoms with Crippen molar-refractivity contribution >= 4 is 27.3 Å². The molecule has 0 saturated heterocycles. The van der Waals surface area contributed by atoms with Gasteiger partial charge < -0.3 is 15.2 Å². The van der Waals surface area contributed by atoms with Crippen LogP contribution in [-0.2, 0) is 23.0 Å². The number of sulfonamides is 1. The van der Waals surface area contributed by atoms with E-state index in [-0.39, 0.29) is 6.54 Å². The first-order chi connectivity index (χ1) is 12.6. The number of aromatic nitrogens is 3. The molecule has 26 heavy (non-hydrogen) atoms. The monoisotopic (exact) mass is 399 g/mol. The molecule has 0 aromatic carbocycles. The fourth-order valence-electron chi connectivity index (χ4n) is 2.21. The van der Waals surface area contributed by atoms with Gasteiger partial charge in [-0.3, -0.25) is 4.99 Å². The highest BCUT2D eigenvalue weighted by atomic mass is 32.2. The Morgan fingerprint density at radius 2 is 2.15 bits per heavy atom. The van der Waals surface area contributed by atoms with Crippen molar-refractivity contribution < 1.29 is 8.42 Å². The zero-order chi connectivity index (χ0) is 18.8. The van der Waals surface area contributed by atoms with Gasteiger partial charge in [-0.15, -0.1) is 21.5 Å². The van der Waals surface area contributed by atoms with Crippen molar-refractivity contribution in [3.63, 3.8) is 0 Å². The molecule has 11 heteroatoms. The molecule has 0 aliphatic rings. The van der Waals surface area contributed by atoms with Crippen molar-refractivity contribution in [2.75, 3.05) is 26.2 Å². The summed E-state index contributed by atoms with van der Waals surface area (Å²) in [7, 11) is -3.44. The van der Waals surface area contributed by atoms with E-state index in [1.54, 1.807) is 23.8 Å². The van der Waals surface area contributed by atoms with Crippen LogP contribution >= 0.6 is 11.3 Å². The third-order valence-electron chi connectivity index (χ3n) is 3.44. The Morgan fingerprint density at radius 3 is 2.85 bits per heavy atom. The van der Waals surface area contributed by atoms with E-state index in [2.05, 4.69) is 30.5 Å². The second kappa shape index (κ2) is 10.2. The number of aryl methyl sites for hydroxylation is 1. The molecule has 9 nitrogen and oxygen atoms in total. The van der Waals surface area contributed by atoms with Crippen LogP contribution in [-0.4, -0.2) is 55.3 Å². The average molecular weight is 400 g/mol. The lowest BCUT2D eigenvalue weighted by Gasteiger charge is -2.12. The van der Waals surface area contributed by atoms with Gasteiger partial charge in [0, 0.05) is 32.6 Å². The Balaban J connectivity index is 1.79. The van der Waals surface area contributed by atoms with Gasteiger partial charge >= 0.3 is 0 Å². The van der Waals surface area contributed by atoms with Gasteiger partial charge in [0.15, 0.2) is 5.96 Å². The highest BCUT2D eigenvalue weighted by Gasteiger charge is 2.13. The molecular weight excluding hydrogens is 374 g/mol. The van der Waals surface area contributed by atoms with E-state index < -0.39 is 10.0 Å². The summed E-state index contributed by atoms with van der Waals surface area (Å²) in [6.45, 7) is 6.71. The van der Waals surface area contributed by atoms with Gasteiger partial charge in [-0.2, -0.15) is 0 Å². The molecule has 2 rings (SSSR count). The SMILES string of the molecule is CCNC(=NCCNS(=O)(=O)c1cccs1)NCCn1cnnc1CC. The van der Waals surface area contributed by atoms with Crippen molar-refractivity contribution in [1.82, 2.24) is 30.1 Å². The van der Waals surface area contributed by atoms with E-state index in [1.165, 1.54) is 11.3 Å². The topological polar surface area (TPSA) is 113 Å². The van der Waals surface area contributed by atoms with Gasteiger partial charge in [0.25, 0.3) is 0 Å². The van der Waals surface area contributed by atoms with Crippen molar-refractivity contribution in [3.8, 4) is 0 Å². The highest BCUT2D eigenvalue weighted by molar-refractivity contribution is 7.91. The second-order valence-electron chi connectivity index (χ2n) is 5.31. The number of aliphatic imine (C=N–C) groups is 1. The summed E-state index contributed by atoms with van der Waals surface area (Å²) in [5.74, 6) is 1.59.